The summed E-state index contributed by atoms with van der Waals surface area (Å²) in [5.74, 6) is 1.54. The van der Waals surface area contributed by atoms with Crippen LogP contribution in [0.2, 0.25) is 0 Å². The molecule has 20 heavy (non-hydrogen) atoms. The van der Waals surface area contributed by atoms with Crippen LogP contribution >= 0.6 is 0 Å². The minimum absolute atomic E-state index is 0.185. The summed E-state index contributed by atoms with van der Waals surface area (Å²) in [5.41, 5.74) is 1.07. The Bertz CT molecular complexity index is 403. The van der Waals surface area contributed by atoms with Gasteiger partial charge in [0.2, 0.25) is 0 Å². The first-order valence-electron chi connectivity index (χ1n) is 7.19. The zero-order chi connectivity index (χ0) is 14.8. The van der Waals surface area contributed by atoms with E-state index in [2.05, 4.69) is 18.8 Å². The fraction of sp³-hybridized carbons (Fsp3) is 0.500. The largest absolute Gasteiger partial charge is 0.490 e. The van der Waals surface area contributed by atoms with E-state index in [1.165, 1.54) is 0 Å². The summed E-state index contributed by atoms with van der Waals surface area (Å²) in [4.78, 5) is 0. The number of hydrogen-bond donors (Lipinski definition) is 2. The van der Waals surface area contributed by atoms with E-state index in [1.807, 2.05) is 25.1 Å². The van der Waals surface area contributed by atoms with Gasteiger partial charge in [-0.3, -0.25) is 0 Å². The van der Waals surface area contributed by atoms with Gasteiger partial charge in [-0.25, -0.2) is 0 Å². The molecule has 0 amide bonds. The second kappa shape index (κ2) is 9.39. The fourth-order valence-corrected chi connectivity index (χ4v) is 1.96. The van der Waals surface area contributed by atoms with E-state index in [9.17, 15) is 5.11 Å². The van der Waals surface area contributed by atoms with E-state index >= 15 is 0 Å². The molecule has 0 aliphatic rings. The van der Waals surface area contributed by atoms with E-state index in [0.29, 0.717) is 13.2 Å². The number of aliphatic hydroxyl groups excluding tert-OH is 1. The molecule has 1 rings (SSSR count). The third-order valence-corrected chi connectivity index (χ3v) is 3.14. The maximum absolute atomic E-state index is 9.25. The van der Waals surface area contributed by atoms with Crippen LogP contribution < -0.4 is 14.8 Å². The van der Waals surface area contributed by atoms with E-state index in [0.717, 1.165) is 30.0 Å². The molecular weight excluding hydrogens is 254 g/mol. The molecule has 0 bridgehead atoms. The number of benzene rings is 1. The van der Waals surface area contributed by atoms with Crippen LogP contribution in [0.3, 0.4) is 0 Å². The standard InChI is InChI=1S/C16H25NO3/c1-4-10-20-16-13(11-17-14(5-2)12-18)8-7-9-15(16)19-6-3/h4,7-9,14,17-18H,1,5-6,10-12H2,2-3H3/p+1/t14-/m1/s1. The highest BCUT2D eigenvalue weighted by atomic mass is 16.5. The third-order valence-electron chi connectivity index (χ3n) is 3.14. The molecule has 1 atom stereocenters. The zero-order valence-corrected chi connectivity index (χ0v) is 12.5. The molecule has 1 aromatic rings. The maximum Gasteiger partial charge on any atom is 0.170 e. The van der Waals surface area contributed by atoms with Gasteiger partial charge in [-0.2, -0.15) is 0 Å². The van der Waals surface area contributed by atoms with E-state index in [1.54, 1.807) is 6.08 Å². The lowest BCUT2D eigenvalue weighted by Crippen LogP contribution is -2.89. The average Bonchev–Trinajstić information content (AvgIpc) is 2.47. The van der Waals surface area contributed by atoms with Crippen molar-refractivity contribution in [3.05, 3.63) is 36.4 Å². The minimum Gasteiger partial charge on any atom is -0.490 e. The second-order valence-corrected chi connectivity index (χ2v) is 4.57. The predicted molar refractivity (Wildman–Crippen MR) is 80.1 cm³/mol. The molecule has 0 saturated carbocycles. The van der Waals surface area contributed by atoms with Crippen molar-refractivity contribution in [2.75, 3.05) is 19.8 Å². The number of para-hydroxylation sites is 1. The predicted octanol–water partition coefficient (Wildman–Crippen LogP) is 1.48. The van der Waals surface area contributed by atoms with Gasteiger partial charge in [-0.15, -0.1) is 0 Å². The van der Waals surface area contributed by atoms with Gasteiger partial charge in [0.05, 0.1) is 18.8 Å². The van der Waals surface area contributed by atoms with Crippen molar-refractivity contribution in [2.45, 2.75) is 32.9 Å². The lowest BCUT2D eigenvalue weighted by molar-refractivity contribution is -0.706. The number of quaternary nitrogens is 1. The Morgan fingerprint density at radius 3 is 2.75 bits per heavy atom. The Labute approximate surface area is 121 Å². The molecule has 0 aromatic heterocycles. The number of ether oxygens (including phenoxy) is 2. The maximum atomic E-state index is 9.25. The lowest BCUT2D eigenvalue weighted by atomic mass is 10.1. The van der Waals surface area contributed by atoms with Crippen LogP contribution in [-0.2, 0) is 6.54 Å². The number of nitrogens with two attached hydrogens (primary N) is 1. The highest BCUT2D eigenvalue weighted by Gasteiger charge is 2.14. The lowest BCUT2D eigenvalue weighted by Gasteiger charge is -2.16. The first kappa shape index (κ1) is 16.5. The molecule has 0 fully saturated rings. The molecule has 112 valence electrons. The number of aliphatic hydroxyl groups is 1. The van der Waals surface area contributed by atoms with Gasteiger partial charge in [0.1, 0.15) is 19.2 Å². The average molecular weight is 280 g/mol. The van der Waals surface area contributed by atoms with Crippen molar-refractivity contribution in [1.29, 1.82) is 0 Å². The van der Waals surface area contributed by atoms with Crippen LogP contribution in [0.15, 0.2) is 30.9 Å². The van der Waals surface area contributed by atoms with Crippen LogP contribution in [0.5, 0.6) is 11.5 Å². The Hall–Kier alpha value is -1.52. The highest BCUT2D eigenvalue weighted by Crippen LogP contribution is 2.31. The summed E-state index contributed by atoms with van der Waals surface area (Å²) >= 11 is 0. The molecule has 4 heteroatoms. The minimum atomic E-state index is 0.185. The molecule has 1 aromatic carbocycles. The Morgan fingerprint density at radius 1 is 1.35 bits per heavy atom. The summed E-state index contributed by atoms with van der Waals surface area (Å²) < 4.78 is 11.4. The topological polar surface area (TPSA) is 55.3 Å². The van der Waals surface area contributed by atoms with Gasteiger partial charge in [0.15, 0.2) is 11.5 Å². The summed E-state index contributed by atoms with van der Waals surface area (Å²) in [6.45, 7) is 9.70. The van der Waals surface area contributed by atoms with Crippen LogP contribution in [0.1, 0.15) is 25.8 Å². The van der Waals surface area contributed by atoms with Gasteiger partial charge >= 0.3 is 0 Å². The van der Waals surface area contributed by atoms with Gasteiger partial charge in [0, 0.05) is 0 Å². The normalized spacial score (nSPS) is 11.9. The van der Waals surface area contributed by atoms with E-state index in [-0.39, 0.29) is 12.6 Å². The number of hydrogen-bond acceptors (Lipinski definition) is 3. The van der Waals surface area contributed by atoms with Crippen molar-refractivity contribution in [1.82, 2.24) is 0 Å². The third kappa shape index (κ3) is 4.87. The molecule has 0 unspecified atom stereocenters. The van der Waals surface area contributed by atoms with E-state index in [4.69, 9.17) is 9.47 Å². The summed E-state index contributed by atoms with van der Waals surface area (Å²) in [6, 6.07) is 6.13. The van der Waals surface area contributed by atoms with Crippen molar-refractivity contribution in [3.8, 4) is 11.5 Å². The van der Waals surface area contributed by atoms with Gasteiger partial charge in [0.25, 0.3) is 0 Å². The van der Waals surface area contributed by atoms with Gasteiger partial charge in [-0.1, -0.05) is 25.6 Å². The second-order valence-electron chi connectivity index (χ2n) is 4.57. The van der Waals surface area contributed by atoms with Crippen molar-refractivity contribution in [3.63, 3.8) is 0 Å². The van der Waals surface area contributed by atoms with Crippen LogP contribution in [0.4, 0.5) is 0 Å². The first-order valence-corrected chi connectivity index (χ1v) is 7.19. The summed E-state index contributed by atoms with van der Waals surface area (Å²) in [5, 5.41) is 11.4. The van der Waals surface area contributed by atoms with E-state index < -0.39 is 0 Å². The highest BCUT2D eigenvalue weighted by molar-refractivity contribution is 5.46. The summed E-state index contributed by atoms with van der Waals surface area (Å²) in [7, 11) is 0. The molecule has 0 aliphatic carbocycles. The summed E-state index contributed by atoms with van der Waals surface area (Å²) in [6.07, 6.45) is 2.66. The number of rotatable bonds is 10. The SMILES string of the molecule is C=CCOc1c(C[NH2+][C@H](CC)CO)cccc1OCC. The molecule has 0 aliphatic heterocycles. The molecule has 4 nitrogen and oxygen atoms in total. The Kier molecular flexibility index (Phi) is 7.77. The monoisotopic (exact) mass is 280 g/mol. The smallest absolute Gasteiger partial charge is 0.170 e. The Balaban J connectivity index is 2.86. The van der Waals surface area contributed by atoms with Crippen LogP contribution in [0.25, 0.3) is 0 Å². The van der Waals surface area contributed by atoms with Crippen LogP contribution in [0, 0.1) is 0 Å². The zero-order valence-electron chi connectivity index (χ0n) is 12.5. The molecule has 0 spiro atoms. The molecule has 0 heterocycles. The quantitative estimate of drug-likeness (QED) is 0.638. The van der Waals surface area contributed by atoms with Crippen LogP contribution in [-0.4, -0.2) is 31.0 Å². The van der Waals surface area contributed by atoms with Crippen molar-refractivity contribution >= 4 is 0 Å². The first-order chi connectivity index (χ1) is 9.76. The van der Waals surface area contributed by atoms with Crippen molar-refractivity contribution < 1.29 is 19.9 Å². The Morgan fingerprint density at radius 2 is 2.15 bits per heavy atom. The molecule has 0 radical (unpaired) electrons. The fourth-order valence-electron chi connectivity index (χ4n) is 1.96. The molecule has 0 saturated heterocycles. The van der Waals surface area contributed by atoms with Gasteiger partial charge in [-0.05, 0) is 25.5 Å². The van der Waals surface area contributed by atoms with Crippen molar-refractivity contribution in [2.24, 2.45) is 0 Å². The molecule has 3 N–H and O–H groups in total. The van der Waals surface area contributed by atoms with Gasteiger partial charge < -0.3 is 19.9 Å². The molecular formula is C16H26NO3+.